The van der Waals surface area contributed by atoms with Crippen LogP contribution in [0.1, 0.15) is 46.5 Å². The lowest BCUT2D eigenvalue weighted by molar-refractivity contribution is 0.277. The van der Waals surface area contributed by atoms with Gasteiger partial charge in [-0.2, -0.15) is 0 Å². The summed E-state index contributed by atoms with van der Waals surface area (Å²) in [5.74, 6) is 0. The van der Waals surface area contributed by atoms with Crippen LogP contribution in [0.15, 0.2) is 12.3 Å². The molecule has 1 nitrogen and oxygen atoms in total. The lowest BCUT2D eigenvalue weighted by atomic mass is 9.84. The Bertz CT molecular complexity index is 176. The molecule has 1 rings (SSSR count). The second-order valence-electron chi connectivity index (χ2n) is 4.77. The first-order chi connectivity index (χ1) is 6.08. The van der Waals surface area contributed by atoms with E-state index >= 15 is 0 Å². The van der Waals surface area contributed by atoms with Crippen molar-refractivity contribution in [2.45, 2.75) is 46.5 Å². The maximum atomic E-state index is 4.25. The number of likely N-dealkylation sites (tertiary alicyclic amines) is 1. The third-order valence-electron chi connectivity index (χ3n) is 3.14. The minimum Gasteiger partial charge on any atom is -0.375 e. The van der Waals surface area contributed by atoms with E-state index in [4.69, 9.17) is 0 Å². The Morgan fingerprint density at radius 3 is 2.31 bits per heavy atom. The Morgan fingerprint density at radius 1 is 1.31 bits per heavy atom. The van der Waals surface area contributed by atoms with E-state index in [1.165, 1.54) is 44.5 Å². The molecular formula is C12H23N. The van der Waals surface area contributed by atoms with Crippen molar-refractivity contribution in [3.05, 3.63) is 12.3 Å². The van der Waals surface area contributed by atoms with Gasteiger partial charge in [0.25, 0.3) is 0 Å². The number of allylic oxidation sites excluding steroid dienone is 1. The lowest BCUT2D eigenvalue weighted by Gasteiger charge is -2.34. The van der Waals surface area contributed by atoms with Crippen molar-refractivity contribution in [1.82, 2.24) is 4.90 Å². The van der Waals surface area contributed by atoms with E-state index in [0.717, 1.165) is 0 Å². The van der Waals surface area contributed by atoms with Crippen molar-refractivity contribution in [3.63, 3.8) is 0 Å². The zero-order valence-electron chi connectivity index (χ0n) is 9.40. The second kappa shape index (κ2) is 4.17. The molecule has 1 fully saturated rings. The van der Waals surface area contributed by atoms with Gasteiger partial charge in [0.1, 0.15) is 0 Å². The summed E-state index contributed by atoms with van der Waals surface area (Å²) < 4.78 is 0. The first-order valence-corrected chi connectivity index (χ1v) is 5.52. The molecule has 0 atom stereocenters. The van der Waals surface area contributed by atoms with Gasteiger partial charge in [-0.25, -0.2) is 0 Å². The normalized spacial score (nSPS) is 17.9. The highest BCUT2D eigenvalue weighted by atomic mass is 15.2. The Hall–Kier alpha value is -0.460. The molecular weight excluding hydrogens is 158 g/mol. The van der Waals surface area contributed by atoms with Gasteiger partial charge in [0, 0.05) is 24.2 Å². The average Bonchev–Trinajstić information content (AvgIpc) is 2.54. The third-order valence-corrected chi connectivity index (χ3v) is 3.14. The van der Waals surface area contributed by atoms with Crippen molar-refractivity contribution in [2.24, 2.45) is 5.41 Å². The van der Waals surface area contributed by atoms with Gasteiger partial charge < -0.3 is 4.90 Å². The van der Waals surface area contributed by atoms with Gasteiger partial charge in [0.2, 0.25) is 0 Å². The van der Waals surface area contributed by atoms with Crippen LogP contribution in [0, 0.1) is 5.41 Å². The molecule has 0 aromatic heterocycles. The molecule has 0 aliphatic carbocycles. The maximum absolute atomic E-state index is 4.25. The van der Waals surface area contributed by atoms with Crippen molar-refractivity contribution in [3.8, 4) is 0 Å². The Balaban J connectivity index is 2.53. The van der Waals surface area contributed by atoms with Crippen LogP contribution in [0.2, 0.25) is 0 Å². The molecule has 0 N–H and O–H groups in total. The van der Waals surface area contributed by atoms with Gasteiger partial charge in [-0.1, -0.05) is 33.8 Å². The summed E-state index contributed by atoms with van der Waals surface area (Å²) in [5.41, 5.74) is 1.66. The SMILES string of the molecule is C=C(N1CCCC1)C(C)(C)CCC. The summed E-state index contributed by atoms with van der Waals surface area (Å²) in [6, 6.07) is 0. The van der Waals surface area contributed by atoms with Crippen molar-refractivity contribution < 1.29 is 0 Å². The van der Waals surface area contributed by atoms with E-state index in [0.29, 0.717) is 5.41 Å². The van der Waals surface area contributed by atoms with Gasteiger partial charge in [-0.15, -0.1) is 0 Å². The molecule has 1 heteroatoms. The molecule has 0 aromatic carbocycles. The molecule has 0 amide bonds. The van der Waals surface area contributed by atoms with Crippen LogP contribution in [0.5, 0.6) is 0 Å². The van der Waals surface area contributed by atoms with Gasteiger partial charge in [0.15, 0.2) is 0 Å². The smallest absolute Gasteiger partial charge is 0.0175 e. The van der Waals surface area contributed by atoms with Gasteiger partial charge in [0.05, 0.1) is 0 Å². The molecule has 1 heterocycles. The van der Waals surface area contributed by atoms with Crippen LogP contribution >= 0.6 is 0 Å². The Kier molecular flexibility index (Phi) is 3.40. The molecule has 0 unspecified atom stereocenters. The van der Waals surface area contributed by atoms with Crippen LogP contribution in [-0.4, -0.2) is 18.0 Å². The van der Waals surface area contributed by atoms with Gasteiger partial charge in [-0.3, -0.25) is 0 Å². The van der Waals surface area contributed by atoms with Crippen molar-refractivity contribution >= 4 is 0 Å². The van der Waals surface area contributed by atoms with E-state index < -0.39 is 0 Å². The number of nitrogens with zero attached hydrogens (tertiary/aromatic N) is 1. The fourth-order valence-electron chi connectivity index (χ4n) is 2.18. The molecule has 1 aliphatic rings. The third kappa shape index (κ3) is 2.49. The molecule has 0 bridgehead atoms. The van der Waals surface area contributed by atoms with E-state index in [9.17, 15) is 0 Å². The summed E-state index contributed by atoms with van der Waals surface area (Å²) in [4.78, 5) is 2.47. The van der Waals surface area contributed by atoms with Gasteiger partial charge in [-0.05, 0) is 19.3 Å². The predicted octanol–water partition coefficient (Wildman–Crippen LogP) is 3.42. The zero-order valence-corrected chi connectivity index (χ0v) is 9.40. The number of hydrogen-bond acceptors (Lipinski definition) is 1. The second-order valence-corrected chi connectivity index (χ2v) is 4.77. The van der Waals surface area contributed by atoms with Crippen LogP contribution in [0.4, 0.5) is 0 Å². The molecule has 1 saturated heterocycles. The summed E-state index contributed by atoms with van der Waals surface area (Å²) >= 11 is 0. The summed E-state index contributed by atoms with van der Waals surface area (Å²) in [6.07, 6.45) is 5.20. The monoisotopic (exact) mass is 181 g/mol. The van der Waals surface area contributed by atoms with Crippen LogP contribution < -0.4 is 0 Å². The zero-order chi connectivity index (χ0) is 9.90. The van der Waals surface area contributed by atoms with Crippen LogP contribution in [-0.2, 0) is 0 Å². The van der Waals surface area contributed by atoms with E-state index in [-0.39, 0.29) is 0 Å². The minimum absolute atomic E-state index is 0.305. The topological polar surface area (TPSA) is 3.24 Å². The molecule has 76 valence electrons. The van der Waals surface area contributed by atoms with E-state index in [1.807, 2.05) is 0 Å². The summed E-state index contributed by atoms with van der Waals surface area (Å²) in [6.45, 7) is 13.6. The molecule has 1 aliphatic heterocycles. The molecule has 0 aromatic rings. The maximum Gasteiger partial charge on any atom is 0.0175 e. The van der Waals surface area contributed by atoms with Gasteiger partial charge >= 0.3 is 0 Å². The standard InChI is InChI=1S/C12H23N/c1-5-8-12(3,4)11(2)13-9-6-7-10-13/h2,5-10H2,1,3-4H3. The molecule has 0 spiro atoms. The largest absolute Gasteiger partial charge is 0.375 e. The van der Waals surface area contributed by atoms with Crippen LogP contribution in [0.3, 0.4) is 0 Å². The Labute approximate surface area is 82.8 Å². The predicted molar refractivity (Wildman–Crippen MR) is 58.6 cm³/mol. The number of hydrogen-bond donors (Lipinski definition) is 0. The Morgan fingerprint density at radius 2 is 1.85 bits per heavy atom. The highest BCUT2D eigenvalue weighted by Gasteiger charge is 2.26. The summed E-state index contributed by atoms with van der Waals surface area (Å²) in [7, 11) is 0. The minimum atomic E-state index is 0.305. The summed E-state index contributed by atoms with van der Waals surface area (Å²) in [5, 5.41) is 0. The first kappa shape index (κ1) is 10.6. The quantitative estimate of drug-likeness (QED) is 0.642. The molecule has 0 saturated carbocycles. The first-order valence-electron chi connectivity index (χ1n) is 5.52. The lowest BCUT2D eigenvalue weighted by Crippen LogP contribution is -2.28. The molecule has 0 radical (unpaired) electrons. The molecule has 13 heavy (non-hydrogen) atoms. The van der Waals surface area contributed by atoms with E-state index in [1.54, 1.807) is 0 Å². The van der Waals surface area contributed by atoms with E-state index in [2.05, 4.69) is 32.3 Å². The van der Waals surface area contributed by atoms with Crippen molar-refractivity contribution in [1.29, 1.82) is 0 Å². The number of rotatable bonds is 4. The fraction of sp³-hybridized carbons (Fsp3) is 0.833. The highest BCUT2D eigenvalue weighted by Crippen LogP contribution is 2.34. The fourth-order valence-corrected chi connectivity index (χ4v) is 2.18. The van der Waals surface area contributed by atoms with Crippen LogP contribution in [0.25, 0.3) is 0 Å². The highest BCUT2D eigenvalue weighted by molar-refractivity contribution is 5.07. The average molecular weight is 181 g/mol. The van der Waals surface area contributed by atoms with Crippen molar-refractivity contribution in [2.75, 3.05) is 13.1 Å².